The zero-order valence-electron chi connectivity index (χ0n) is 16.8. The highest BCUT2D eigenvalue weighted by Gasteiger charge is 2.21. The predicted octanol–water partition coefficient (Wildman–Crippen LogP) is 6.02. The SMILES string of the molecule is Cc1ccsc1C1=Nc2cc(C(=O)NCc3cccnc3)ccc2Sc2ccccc21. The summed E-state index contributed by atoms with van der Waals surface area (Å²) >= 11 is 3.39. The highest BCUT2D eigenvalue weighted by Crippen LogP contribution is 2.42. The van der Waals surface area contributed by atoms with Crippen LogP contribution < -0.4 is 5.32 Å². The molecule has 4 aromatic rings. The fourth-order valence-corrected chi connectivity index (χ4v) is 5.39. The van der Waals surface area contributed by atoms with E-state index in [1.54, 1.807) is 35.5 Å². The van der Waals surface area contributed by atoms with E-state index in [9.17, 15) is 4.79 Å². The lowest BCUT2D eigenvalue weighted by molar-refractivity contribution is 0.0951. The second-order valence-corrected chi connectivity index (χ2v) is 9.22. The zero-order chi connectivity index (χ0) is 21.2. The number of rotatable bonds is 4. The van der Waals surface area contributed by atoms with Crippen LogP contribution in [0.4, 0.5) is 5.69 Å². The maximum absolute atomic E-state index is 12.8. The van der Waals surface area contributed by atoms with E-state index in [4.69, 9.17) is 4.99 Å². The van der Waals surface area contributed by atoms with Crippen molar-refractivity contribution in [2.45, 2.75) is 23.3 Å². The van der Waals surface area contributed by atoms with E-state index in [1.807, 2.05) is 36.4 Å². The van der Waals surface area contributed by atoms with Gasteiger partial charge in [0.2, 0.25) is 0 Å². The normalized spacial score (nSPS) is 12.4. The quantitative estimate of drug-likeness (QED) is 0.371. The van der Waals surface area contributed by atoms with Crippen LogP contribution >= 0.6 is 23.1 Å². The van der Waals surface area contributed by atoms with Gasteiger partial charge in [0, 0.05) is 39.9 Å². The summed E-state index contributed by atoms with van der Waals surface area (Å²) in [6.07, 6.45) is 3.48. The number of aryl methyl sites for hydroxylation is 1. The summed E-state index contributed by atoms with van der Waals surface area (Å²) in [5.74, 6) is -0.123. The van der Waals surface area contributed by atoms with Gasteiger partial charge in [-0.3, -0.25) is 9.78 Å². The first-order valence-electron chi connectivity index (χ1n) is 9.90. The Morgan fingerprint density at radius 1 is 1.03 bits per heavy atom. The van der Waals surface area contributed by atoms with Gasteiger partial charge in [-0.05, 0) is 59.8 Å². The minimum Gasteiger partial charge on any atom is -0.348 e. The minimum atomic E-state index is -0.123. The molecule has 1 amide bonds. The maximum atomic E-state index is 12.8. The lowest BCUT2D eigenvalue weighted by Gasteiger charge is -2.08. The molecule has 2 aromatic carbocycles. The van der Waals surface area contributed by atoms with Crippen LogP contribution in [0.15, 0.2) is 93.2 Å². The third-order valence-corrected chi connectivity index (χ3v) is 7.23. The van der Waals surface area contributed by atoms with Gasteiger partial charge >= 0.3 is 0 Å². The predicted molar refractivity (Wildman–Crippen MR) is 127 cm³/mol. The largest absolute Gasteiger partial charge is 0.348 e. The first-order chi connectivity index (χ1) is 15.2. The smallest absolute Gasteiger partial charge is 0.251 e. The Kier molecular flexibility index (Phi) is 5.40. The number of benzene rings is 2. The number of aromatic nitrogens is 1. The van der Waals surface area contributed by atoms with E-state index in [1.165, 1.54) is 10.5 Å². The summed E-state index contributed by atoms with van der Waals surface area (Å²) in [4.78, 5) is 25.3. The highest BCUT2D eigenvalue weighted by atomic mass is 32.2. The van der Waals surface area contributed by atoms with Crippen LogP contribution in [0.3, 0.4) is 0 Å². The second kappa shape index (κ2) is 8.49. The van der Waals surface area contributed by atoms with Crippen molar-refractivity contribution < 1.29 is 4.79 Å². The summed E-state index contributed by atoms with van der Waals surface area (Å²) in [5, 5.41) is 5.06. The molecule has 0 fully saturated rings. The molecule has 6 heteroatoms. The van der Waals surface area contributed by atoms with Crippen LogP contribution in [0.5, 0.6) is 0 Å². The van der Waals surface area contributed by atoms with Crippen LogP contribution in [0.1, 0.15) is 31.9 Å². The number of nitrogens with zero attached hydrogens (tertiary/aromatic N) is 2. The Labute approximate surface area is 189 Å². The van der Waals surface area contributed by atoms with Crippen LogP contribution in [0.25, 0.3) is 0 Å². The van der Waals surface area contributed by atoms with Gasteiger partial charge in [-0.15, -0.1) is 11.3 Å². The number of nitrogens with one attached hydrogen (secondary N) is 1. The number of hydrogen-bond donors (Lipinski definition) is 1. The molecule has 0 atom stereocenters. The molecule has 1 aliphatic rings. The third kappa shape index (κ3) is 4.04. The van der Waals surface area contributed by atoms with E-state index >= 15 is 0 Å². The molecule has 4 nitrogen and oxygen atoms in total. The Bertz CT molecular complexity index is 1300. The average Bonchev–Trinajstić information content (AvgIpc) is 3.15. The Morgan fingerprint density at radius 2 is 1.94 bits per heavy atom. The fraction of sp³-hybridized carbons (Fsp3) is 0.0800. The Hall–Kier alpha value is -3.22. The number of hydrogen-bond acceptors (Lipinski definition) is 5. The van der Waals surface area contributed by atoms with Crippen LogP contribution in [0, 0.1) is 6.92 Å². The van der Waals surface area contributed by atoms with Crippen LogP contribution in [0.2, 0.25) is 0 Å². The lowest BCUT2D eigenvalue weighted by Crippen LogP contribution is -2.22. The van der Waals surface area contributed by atoms with E-state index in [-0.39, 0.29) is 5.91 Å². The molecule has 5 rings (SSSR count). The van der Waals surface area contributed by atoms with Gasteiger partial charge in [0.1, 0.15) is 0 Å². The van der Waals surface area contributed by atoms with Gasteiger partial charge in [0.15, 0.2) is 0 Å². The maximum Gasteiger partial charge on any atom is 0.251 e. The van der Waals surface area contributed by atoms with Gasteiger partial charge in [-0.2, -0.15) is 0 Å². The molecule has 0 spiro atoms. The highest BCUT2D eigenvalue weighted by molar-refractivity contribution is 7.99. The summed E-state index contributed by atoms with van der Waals surface area (Å²) in [7, 11) is 0. The van der Waals surface area contributed by atoms with Crippen molar-refractivity contribution in [3.05, 3.63) is 106 Å². The van der Waals surface area contributed by atoms with Gasteiger partial charge < -0.3 is 5.32 Å². The molecule has 0 bridgehead atoms. The van der Waals surface area contributed by atoms with Gasteiger partial charge in [-0.1, -0.05) is 36.0 Å². The van der Waals surface area contributed by atoms with Crippen molar-refractivity contribution >= 4 is 40.4 Å². The Balaban J connectivity index is 1.52. The zero-order valence-corrected chi connectivity index (χ0v) is 18.5. The van der Waals surface area contributed by atoms with E-state index in [0.717, 1.165) is 32.3 Å². The van der Waals surface area contributed by atoms with E-state index < -0.39 is 0 Å². The number of carbonyl (C=O) groups excluding carboxylic acids is 1. The lowest BCUT2D eigenvalue weighted by atomic mass is 10.1. The third-order valence-electron chi connectivity index (χ3n) is 5.07. The number of thiophene rings is 1. The summed E-state index contributed by atoms with van der Waals surface area (Å²) in [6, 6.07) is 20.0. The van der Waals surface area contributed by atoms with E-state index in [0.29, 0.717) is 12.1 Å². The van der Waals surface area contributed by atoms with Crippen molar-refractivity contribution in [3.63, 3.8) is 0 Å². The van der Waals surface area contributed by atoms with Crippen molar-refractivity contribution in [1.82, 2.24) is 10.3 Å². The molecule has 0 saturated carbocycles. The molecule has 31 heavy (non-hydrogen) atoms. The number of carbonyl (C=O) groups is 1. The molecular weight excluding hydrogens is 422 g/mol. The number of pyridine rings is 1. The van der Waals surface area contributed by atoms with Crippen molar-refractivity contribution in [2.75, 3.05) is 0 Å². The standard InChI is InChI=1S/C25H19N3OS2/c1-16-10-12-30-24(16)23-19-6-2-3-7-21(19)31-22-9-8-18(13-20(22)28-23)25(29)27-15-17-5-4-11-26-14-17/h2-14H,15H2,1H3,(H,27,29). The first-order valence-corrected chi connectivity index (χ1v) is 11.6. The first kappa shape index (κ1) is 19.7. The number of aliphatic imine (C=N–C) groups is 1. The Morgan fingerprint density at radius 3 is 2.74 bits per heavy atom. The van der Waals surface area contributed by atoms with Gasteiger partial charge in [0.05, 0.1) is 16.3 Å². The monoisotopic (exact) mass is 441 g/mol. The molecule has 0 radical (unpaired) electrons. The van der Waals surface area contributed by atoms with Crippen molar-refractivity contribution in [3.8, 4) is 0 Å². The average molecular weight is 442 g/mol. The molecule has 2 aromatic heterocycles. The molecule has 1 aliphatic heterocycles. The summed E-state index contributed by atoms with van der Waals surface area (Å²) < 4.78 is 0. The van der Waals surface area contributed by atoms with Crippen LogP contribution in [-0.4, -0.2) is 16.6 Å². The molecule has 0 unspecified atom stereocenters. The molecule has 152 valence electrons. The molecule has 0 saturated heterocycles. The van der Waals surface area contributed by atoms with Gasteiger partial charge in [0.25, 0.3) is 5.91 Å². The van der Waals surface area contributed by atoms with Crippen molar-refractivity contribution in [1.29, 1.82) is 0 Å². The topological polar surface area (TPSA) is 54.4 Å². The van der Waals surface area contributed by atoms with Crippen LogP contribution in [-0.2, 0) is 6.54 Å². The summed E-state index contributed by atoms with van der Waals surface area (Å²) in [6.45, 7) is 2.55. The van der Waals surface area contributed by atoms with Crippen molar-refractivity contribution in [2.24, 2.45) is 4.99 Å². The van der Waals surface area contributed by atoms with E-state index in [2.05, 4.69) is 46.9 Å². The number of fused-ring (bicyclic) bond motifs is 2. The summed E-state index contributed by atoms with van der Waals surface area (Å²) in [5.41, 5.74) is 5.67. The molecule has 0 aliphatic carbocycles. The fourth-order valence-electron chi connectivity index (χ4n) is 3.46. The van der Waals surface area contributed by atoms with Gasteiger partial charge in [-0.25, -0.2) is 4.99 Å². The minimum absolute atomic E-state index is 0.123. The molecular formula is C25H19N3OS2. The molecule has 3 heterocycles. The second-order valence-electron chi connectivity index (χ2n) is 7.22. The molecule has 1 N–H and O–H groups in total. The number of amides is 1.